The molecule has 1 aromatic carbocycles. The molecule has 2 heteroatoms. The van der Waals surface area contributed by atoms with Gasteiger partial charge in [0.25, 0.3) is 0 Å². The van der Waals surface area contributed by atoms with Crippen molar-refractivity contribution in [2.24, 2.45) is 0 Å². The van der Waals surface area contributed by atoms with E-state index in [1.807, 2.05) is 0 Å². The summed E-state index contributed by atoms with van der Waals surface area (Å²) in [5.41, 5.74) is 5.38. The number of rotatable bonds is 1. The first-order valence-corrected chi connectivity index (χ1v) is 4.96. The Morgan fingerprint density at radius 2 is 1.50 bits per heavy atom. The first-order valence-electron chi connectivity index (χ1n) is 3.99. The van der Waals surface area contributed by atoms with Crippen molar-refractivity contribution in [2.45, 2.75) is 20.8 Å². The van der Waals surface area contributed by atoms with Gasteiger partial charge < -0.3 is 3.11 Å². The summed E-state index contributed by atoms with van der Waals surface area (Å²) in [5.74, 6) is 0. The largest absolute Gasteiger partial charge is 0.317 e. The molecule has 1 rings (SSSR count). The Morgan fingerprint density at radius 1 is 1.08 bits per heavy atom. The van der Waals surface area contributed by atoms with Gasteiger partial charge in [0.1, 0.15) is 0 Å². The third kappa shape index (κ3) is 1.91. The van der Waals surface area contributed by atoms with E-state index in [0.29, 0.717) is 0 Å². The Kier molecular flexibility index (Phi) is 2.99. The Labute approximate surface area is 88.3 Å². The molecule has 1 aromatic rings. The summed E-state index contributed by atoms with van der Waals surface area (Å²) in [6, 6.07) is 4.44. The molecule has 0 atom stereocenters. The zero-order chi connectivity index (χ0) is 9.30. The van der Waals surface area contributed by atoms with Gasteiger partial charge in [0.05, 0.1) is 28.6 Å². The fourth-order valence-corrected chi connectivity index (χ4v) is 2.42. The maximum Gasteiger partial charge on any atom is 0.0588 e. The molecule has 0 aliphatic carbocycles. The van der Waals surface area contributed by atoms with Crippen LogP contribution < -0.4 is 3.11 Å². The molecule has 0 aromatic heterocycles. The molecule has 0 amide bonds. The van der Waals surface area contributed by atoms with Gasteiger partial charge in [-0.1, -0.05) is 17.7 Å². The van der Waals surface area contributed by atoms with Crippen molar-refractivity contribution < 1.29 is 0 Å². The summed E-state index contributed by atoms with van der Waals surface area (Å²) in [6.45, 7) is 6.45. The highest BCUT2D eigenvalue weighted by Gasteiger charge is 2.05. The van der Waals surface area contributed by atoms with Crippen LogP contribution in [0.3, 0.4) is 0 Å². The van der Waals surface area contributed by atoms with Gasteiger partial charge in [0, 0.05) is 7.05 Å². The molecule has 0 saturated carbocycles. The third-order valence-corrected chi connectivity index (χ3v) is 2.43. The van der Waals surface area contributed by atoms with Crippen molar-refractivity contribution in [1.82, 2.24) is 0 Å². The zero-order valence-corrected chi connectivity index (χ0v) is 10.1. The molecule has 0 unspecified atom stereocenters. The molecule has 0 saturated heterocycles. The zero-order valence-electron chi connectivity index (χ0n) is 7.98. The van der Waals surface area contributed by atoms with E-state index < -0.39 is 0 Å². The summed E-state index contributed by atoms with van der Waals surface area (Å²) < 4.78 is 2.14. The van der Waals surface area contributed by atoms with Gasteiger partial charge in [-0.25, -0.2) is 0 Å². The van der Waals surface area contributed by atoms with Gasteiger partial charge in [-0.05, 0) is 31.9 Å². The van der Waals surface area contributed by atoms with Crippen LogP contribution in [0.25, 0.3) is 0 Å². The first-order chi connectivity index (χ1) is 5.52. The smallest absolute Gasteiger partial charge is 0.0588 e. The predicted octanol–water partition coefficient (Wildman–Crippen LogP) is 3.40. The second kappa shape index (κ2) is 3.64. The van der Waals surface area contributed by atoms with E-state index in [0.717, 1.165) is 0 Å². The Balaban J connectivity index is 3.28. The van der Waals surface area contributed by atoms with Gasteiger partial charge in [0.15, 0.2) is 0 Å². The van der Waals surface area contributed by atoms with Crippen LogP contribution in [0.2, 0.25) is 0 Å². The number of anilines is 1. The third-order valence-electron chi connectivity index (χ3n) is 1.94. The highest BCUT2D eigenvalue weighted by Crippen LogP contribution is 2.27. The van der Waals surface area contributed by atoms with Crippen LogP contribution in [0.5, 0.6) is 0 Å². The molecule has 0 spiro atoms. The second-order valence-corrected chi connectivity index (χ2v) is 4.67. The lowest BCUT2D eigenvalue weighted by Crippen LogP contribution is -2.04. The van der Waals surface area contributed by atoms with E-state index in [-0.39, 0.29) is 0 Å². The molecule has 0 aliphatic rings. The maximum atomic E-state index is 2.30. The number of hydrogen-bond donors (Lipinski definition) is 0. The summed E-state index contributed by atoms with van der Waals surface area (Å²) in [6.07, 6.45) is 0. The van der Waals surface area contributed by atoms with Crippen LogP contribution in [-0.4, -0.2) is 7.05 Å². The summed E-state index contributed by atoms with van der Waals surface area (Å²) >= 11 is 2.30. The molecule has 66 valence electrons. The normalized spacial score (nSPS) is 10.1. The van der Waals surface area contributed by atoms with Crippen molar-refractivity contribution in [3.8, 4) is 0 Å². The first kappa shape index (κ1) is 9.84. The maximum absolute atomic E-state index is 2.30. The molecule has 0 fully saturated rings. The van der Waals surface area contributed by atoms with Crippen molar-refractivity contribution in [1.29, 1.82) is 0 Å². The van der Waals surface area contributed by atoms with E-state index in [1.54, 1.807) is 0 Å². The molecule has 0 aliphatic heterocycles. The molecule has 0 bridgehead atoms. The van der Waals surface area contributed by atoms with Crippen LogP contribution in [0.1, 0.15) is 16.7 Å². The SMILES string of the molecule is Cc1cc(C)c(N(C)I)c(C)c1. The van der Waals surface area contributed by atoms with Crippen molar-refractivity contribution in [3.63, 3.8) is 0 Å². The number of hydrogen-bond acceptors (Lipinski definition) is 1. The number of nitrogens with zero attached hydrogens (tertiary/aromatic N) is 1. The molecule has 0 heterocycles. The summed E-state index contributed by atoms with van der Waals surface area (Å²) in [5, 5.41) is 0. The van der Waals surface area contributed by atoms with E-state index in [4.69, 9.17) is 0 Å². The number of benzene rings is 1. The van der Waals surface area contributed by atoms with Crippen LogP contribution in [0, 0.1) is 20.8 Å². The van der Waals surface area contributed by atoms with Crippen molar-refractivity contribution in [3.05, 3.63) is 28.8 Å². The minimum Gasteiger partial charge on any atom is -0.317 e. The minimum atomic E-state index is 1.33. The predicted molar refractivity (Wildman–Crippen MR) is 63.1 cm³/mol. The number of aryl methyl sites for hydroxylation is 3. The van der Waals surface area contributed by atoms with Crippen LogP contribution >= 0.6 is 22.9 Å². The lowest BCUT2D eigenvalue weighted by Gasteiger charge is -2.16. The average molecular weight is 275 g/mol. The average Bonchev–Trinajstić information content (AvgIpc) is 1.82. The Hall–Kier alpha value is -0.250. The molecular formula is C10H14IN. The standard InChI is InChI=1S/C10H14IN/c1-7-5-8(2)10(12(4)11)9(3)6-7/h5-6H,1-4H3. The van der Waals surface area contributed by atoms with E-state index in [1.165, 1.54) is 22.4 Å². The Bertz CT molecular complexity index is 269. The lowest BCUT2D eigenvalue weighted by atomic mass is 10.1. The van der Waals surface area contributed by atoms with E-state index in [2.05, 4.69) is 65.9 Å². The van der Waals surface area contributed by atoms with Gasteiger partial charge >= 0.3 is 0 Å². The van der Waals surface area contributed by atoms with Gasteiger partial charge in [0.2, 0.25) is 0 Å². The molecule has 1 nitrogen and oxygen atoms in total. The monoisotopic (exact) mass is 275 g/mol. The van der Waals surface area contributed by atoms with E-state index >= 15 is 0 Å². The molecule has 0 radical (unpaired) electrons. The minimum absolute atomic E-state index is 1.33. The lowest BCUT2D eigenvalue weighted by molar-refractivity contribution is 1.26. The van der Waals surface area contributed by atoms with Gasteiger partial charge in [-0.15, -0.1) is 0 Å². The van der Waals surface area contributed by atoms with Gasteiger partial charge in [-0.2, -0.15) is 0 Å². The second-order valence-electron chi connectivity index (χ2n) is 3.22. The van der Waals surface area contributed by atoms with Crippen LogP contribution in [0.4, 0.5) is 5.69 Å². The molecular weight excluding hydrogens is 261 g/mol. The van der Waals surface area contributed by atoms with Crippen LogP contribution in [0.15, 0.2) is 12.1 Å². The van der Waals surface area contributed by atoms with Crippen molar-refractivity contribution >= 4 is 28.6 Å². The fourth-order valence-electron chi connectivity index (χ4n) is 1.66. The Morgan fingerprint density at radius 3 is 1.83 bits per heavy atom. The highest BCUT2D eigenvalue weighted by atomic mass is 127. The van der Waals surface area contributed by atoms with Gasteiger partial charge in [-0.3, -0.25) is 0 Å². The van der Waals surface area contributed by atoms with E-state index in [9.17, 15) is 0 Å². The quantitative estimate of drug-likeness (QED) is 0.561. The summed E-state index contributed by atoms with van der Waals surface area (Å²) in [7, 11) is 2.07. The van der Waals surface area contributed by atoms with Crippen molar-refractivity contribution in [2.75, 3.05) is 10.2 Å². The number of halogens is 1. The fraction of sp³-hybridized carbons (Fsp3) is 0.400. The highest BCUT2D eigenvalue weighted by molar-refractivity contribution is 14.1. The molecule has 12 heavy (non-hydrogen) atoms. The van der Waals surface area contributed by atoms with Crippen LogP contribution in [-0.2, 0) is 0 Å². The molecule has 0 N–H and O–H groups in total. The summed E-state index contributed by atoms with van der Waals surface area (Å²) in [4.78, 5) is 0. The topological polar surface area (TPSA) is 3.24 Å².